The zero-order chi connectivity index (χ0) is 10.1. The van der Waals surface area contributed by atoms with Gasteiger partial charge in [0.2, 0.25) is 0 Å². The number of hydrogen-bond donors (Lipinski definition) is 2. The molecule has 2 rings (SSSR count). The van der Waals surface area contributed by atoms with Crippen LogP contribution in [0.2, 0.25) is 0 Å². The van der Waals surface area contributed by atoms with Gasteiger partial charge in [0.1, 0.15) is 0 Å². The van der Waals surface area contributed by atoms with Gasteiger partial charge in [0.25, 0.3) is 0 Å². The van der Waals surface area contributed by atoms with E-state index in [2.05, 4.69) is 4.98 Å². The lowest BCUT2D eigenvalue weighted by molar-refractivity contribution is 0.0688. The molecule has 0 amide bonds. The van der Waals surface area contributed by atoms with E-state index in [4.69, 9.17) is 10.8 Å². The summed E-state index contributed by atoms with van der Waals surface area (Å²) in [5.74, 6) is -0.561. The lowest BCUT2D eigenvalue weighted by Gasteiger charge is -2.12. The van der Waals surface area contributed by atoms with Crippen molar-refractivity contribution in [1.29, 1.82) is 0 Å². The van der Waals surface area contributed by atoms with E-state index in [0.717, 1.165) is 12.8 Å². The van der Waals surface area contributed by atoms with Gasteiger partial charge in [-0.3, -0.25) is 0 Å². The zero-order valence-corrected chi connectivity index (χ0v) is 7.68. The van der Waals surface area contributed by atoms with Crippen LogP contribution in [0.5, 0.6) is 0 Å². The molecular weight excluding hydrogens is 180 g/mol. The van der Waals surface area contributed by atoms with E-state index in [1.54, 1.807) is 12.1 Å². The molecule has 0 saturated heterocycles. The second-order valence-electron chi connectivity index (χ2n) is 3.61. The molecule has 4 heteroatoms. The standard InChI is InChI=1S/C10H12N2O2/c11-8(6-3-4-6)7-2-1-5-12-9(7)10(13)14/h1-2,5-6,8H,3-4,11H2,(H,13,14)/t8-/m1/s1. The predicted octanol–water partition coefficient (Wildman–Crippen LogP) is 1.19. The molecular formula is C10H12N2O2. The highest BCUT2D eigenvalue weighted by atomic mass is 16.4. The van der Waals surface area contributed by atoms with E-state index in [-0.39, 0.29) is 11.7 Å². The molecule has 74 valence electrons. The summed E-state index contributed by atoms with van der Waals surface area (Å²) in [4.78, 5) is 14.7. The van der Waals surface area contributed by atoms with Gasteiger partial charge in [-0.2, -0.15) is 0 Å². The second kappa shape index (κ2) is 3.38. The Morgan fingerprint density at radius 2 is 2.36 bits per heavy atom. The van der Waals surface area contributed by atoms with Crippen molar-refractivity contribution in [1.82, 2.24) is 4.98 Å². The van der Waals surface area contributed by atoms with E-state index >= 15 is 0 Å². The first kappa shape index (κ1) is 9.15. The van der Waals surface area contributed by atoms with Crippen LogP contribution in [0.1, 0.15) is 34.9 Å². The first-order chi connectivity index (χ1) is 6.70. The third-order valence-electron chi connectivity index (χ3n) is 2.53. The van der Waals surface area contributed by atoms with Crippen LogP contribution in [0.25, 0.3) is 0 Å². The molecule has 1 saturated carbocycles. The minimum Gasteiger partial charge on any atom is -0.477 e. The van der Waals surface area contributed by atoms with E-state index in [9.17, 15) is 4.79 Å². The number of carbonyl (C=O) groups is 1. The third kappa shape index (κ3) is 1.61. The molecule has 0 unspecified atom stereocenters. The van der Waals surface area contributed by atoms with Crippen LogP contribution in [0.4, 0.5) is 0 Å². The van der Waals surface area contributed by atoms with Gasteiger partial charge in [-0.15, -0.1) is 0 Å². The Balaban J connectivity index is 2.34. The highest BCUT2D eigenvalue weighted by Crippen LogP contribution is 2.39. The second-order valence-corrected chi connectivity index (χ2v) is 3.61. The highest BCUT2D eigenvalue weighted by Gasteiger charge is 2.32. The summed E-state index contributed by atoms with van der Waals surface area (Å²) >= 11 is 0. The SMILES string of the molecule is N[C@@H](c1cccnc1C(=O)O)C1CC1. The number of nitrogens with zero attached hydrogens (tertiary/aromatic N) is 1. The van der Waals surface area contributed by atoms with Crippen LogP contribution in [-0.4, -0.2) is 16.1 Å². The Morgan fingerprint density at radius 1 is 1.64 bits per heavy atom. The van der Waals surface area contributed by atoms with Gasteiger partial charge in [0, 0.05) is 17.8 Å². The van der Waals surface area contributed by atoms with Crippen molar-refractivity contribution in [2.24, 2.45) is 11.7 Å². The van der Waals surface area contributed by atoms with Gasteiger partial charge >= 0.3 is 5.97 Å². The van der Waals surface area contributed by atoms with Crippen LogP contribution < -0.4 is 5.73 Å². The summed E-state index contributed by atoms with van der Waals surface area (Å²) in [6.07, 6.45) is 3.66. The number of carboxylic acid groups (broad SMARTS) is 1. The summed E-state index contributed by atoms with van der Waals surface area (Å²) in [6.45, 7) is 0. The average Bonchev–Trinajstić information content (AvgIpc) is 3.00. The number of nitrogens with two attached hydrogens (primary N) is 1. The van der Waals surface area contributed by atoms with E-state index < -0.39 is 5.97 Å². The number of rotatable bonds is 3. The first-order valence-corrected chi connectivity index (χ1v) is 4.64. The van der Waals surface area contributed by atoms with E-state index in [1.165, 1.54) is 6.20 Å². The van der Waals surface area contributed by atoms with Crippen molar-refractivity contribution in [2.45, 2.75) is 18.9 Å². The molecule has 1 atom stereocenters. The van der Waals surface area contributed by atoms with Crippen LogP contribution in [-0.2, 0) is 0 Å². The van der Waals surface area contributed by atoms with Crippen molar-refractivity contribution >= 4 is 5.97 Å². The molecule has 1 aromatic heterocycles. The average molecular weight is 192 g/mol. The molecule has 1 aromatic rings. The van der Waals surface area contributed by atoms with Crippen molar-refractivity contribution in [3.8, 4) is 0 Å². The van der Waals surface area contributed by atoms with E-state index in [0.29, 0.717) is 11.5 Å². The largest absolute Gasteiger partial charge is 0.477 e. The van der Waals surface area contributed by atoms with Gasteiger partial charge in [-0.1, -0.05) is 6.07 Å². The molecule has 3 N–H and O–H groups in total. The van der Waals surface area contributed by atoms with Gasteiger partial charge < -0.3 is 10.8 Å². The summed E-state index contributed by atoms with van der Waals surface area (Å²) in [6, 6.07) is 3.30. The summed E-state index contributed by atoms with van der Waals surface area (Å²) in [5, 5.41) is 8.90. The lowest BCUT2D eigenvalue weighted by atomic mass is 10.0. The number of hydrogen-bond acceptors (Lipinski definition) is 3. The maximum Gasteiger partial charge on any atom is 0.354 e. The summed E-state index contributed by atoms with van der Waals surface area (Å²) in [5.41, 5.74) is 6.68. The fraction of sp³-hybridized carbons (Fsp3) is 0.400. The molecule has 0 bridgehead atoms. The monoisotopic (exact) mass is 192 g/mol. The van der Waals surface area contributed by atoms with Crippen LogP contribution in [0.15, 0.2) is 18.3 Å². The third-order valence-corrected chi connectivity index (χ3v) is 2.53. The van der Waals surface area contributed by atoms with Gasteiger partial charge in [0.15, 0.2) is 5.69 Å². The Labute approximate surface area is 81.8 Å². The van der Waals surface area contributed by atoms with Gasteiger partial charge in [0.05, 0.1) is 0 Å². The smallest absolute Gasteiger partial charge is 0.354 e. The molecule has 0 aromatic carbocycles. The molecule has 14 heavy (non-hydrogen) atoms. The number of aromatic nitrogens is 1. The molecule has 0 aliphatic heterocycles. The fourth-order valence-electron chi connectivity index (χ4n) is 1.57. The van der Waals surface area contributed by atoms with Crippen molar-refractivity contribution in [3.63, 3.8) is 0 Å². The van der Waals surface area contributed by atoms with Crippen molar-refractivity contribution < 1.29 is 9.90 Å². The maximum absolute atomic E-state index is 10.9. The lowest BCUT2D eigenvalue weighted by Crippen LogP contribution is -2.17. The number of pyridine rings is 1. The van der Waals surface area contributed by atoms with Crippen LogP contribution in [0, 0.1) is 5.92 Å². The molecule has 0 spiro atoms. The van der Waals surface area contributed by atoms with Crippen LogP contribution in [0.3, 0.4) is 0 Å². The van der Waals surface area contributed by atoms with Gasteiger partial charge in [-0.05, 0) is 24.8 Å². The first-order valence-electron chi connectivity index (χ1n) is 4.64. The Kier molecular flexibility index (Phi) is 2.21. The molecule has 0 radical (unpaired) electrons. The molecule has 4 nitrogen and oxygen atoms in total. The summed E-state index contributed by atoms with van der Waals surface area (Å²) < 4.78 is 0. The van der Waals surface area contributed by atoms with Crippen molar-refractivity contribution in [2.75, 3.05) is 0 Å². The zero-order valence-electron chi connectivity index (χ0n) is 7.68. The van der Waals surface area contributed by atoms with Crippen molar-refractivity contribution in [3.05, 3.63) is 29.6 Å². The Hall–Kier alpha value is -1.42. The predicted molar refractivity (Wildman–Crippen MR) is 50.8 cm³/mol. The molecule has 1 heterocycles. The normalized spacial score (nSPS) is 17.8. The maximum atomic E-state index is 10.9. The van der Waals surface area contributed by atoms with Gasteiger partial charge in [-0.25, -0.2) is 9.78 Å². The highest BCUT2D eigenvalue weighted by molar-refractivity contribution is 5.87. The topological polar surface area (TPSA) is 76.2 Å². The summed E-state index contributed by atoms with van der Waals surface area (Å²) in [7, 11) is 0. The fourth-order valence-corrected chi connectivity index (χ4v) is 1.57. The Morgan fingerprint density at radius 3 is 2.93 bits per heavy atom. The minimum atomic E-state index is -1.00. The minimum absolute atomic E-state index is 0.0897. The van der Waals surface area contributed by atoms with E-state index in [1.807, 2.05) is 0 Å². The number of aromatic carboxylic acids is 1. The van der Waals surface area contributed by atoms with Crippen LogP contribution >= 0.6 is 0 Å². The molecule has 1 fully saturated rings. The molecule has 1 aliphatic carbocycles. The molecule has 1 aliphatic rings. The quantitative estimate of drug-likeness (QED) is 0.754. The Bertz CT molecular complexity index is 361. The number of carboxylic acids is 1.